The Morgan fingerprint density at radius 3 is 3.08 bits per heavy atom. The Labute approximate surface area is 144 Å². The SMILES string of the molecule is O=C(CCc1nc(-c2cccs2)no1)Nc1ccc2oc(=O)[nH]c2c1. The molecular formula is C16H12N4O4S. The van der Waals surface area contributed by atoms with Gasteiger partial charge in [-0.25, -0.2) is 4.79 Å². The van der Waals surface area contributed by atoms with Gasteiger partial charge in [0.1, 0.15) is 0 Å². The summed E-state index contributed by atoms with van der Waals surface area (Å²) in [5, 5.41) is 8.60. The van der Waals surface area contributed by atoms with Crippen molar-refractivity contribution < 1.29 is 13.7 Å². The van der Waals surface area contributed by atoms with Crippen LogP contribution in [-0.2, 0) is 11.2 Å². The van der Waals surface area contributed by atoms with Crippen molar-refractivity contribution in [1.29, 1.82) is 0 Å². The van der Waals surface area contributed by atoms with Crippen LogP contribution in [0.15, 0.2) is 49.4 Å². The zero-order valence-corrected chi connectivity index (χ0v) is 13.6. The number of amides is 1. The molecule has 1 aromatic carbocycles. The highest BCUT2D eigenvalue weighted by Crippen LogP contribution is 2.21. The van der Waals surface area contributed by atoms with Gasteiger partial charge in [0, 0.05) is 18.5 Å². The number of oxazole rings is 1. The van der Waals surface area contributed by atoms with Gasteiger partial charge >= 0.3 is 5.76 Å². The number of aromatic nitrogens is 3. The Balaban J connectivity index is 1.37. The third-order valence-corrected chi connectivity index (χ3v) is 4.34. The third-order valence-electron chi connectivity index (χ3n) is 3.48. The zero-order valence-electron chi connectivity index (χ0n) is 12.8. The molecule has 4 aromatic rings. The highest BCUT2D eigenvalue weighted by molar-refractivity contribution is 7.13. The number of aryl methyl sites for hydroxylation is 1. The Bertz CT molecular complexity index is 1080. The predicted octanol–water partition coefficient (Wildman–Crippen LogP) is 2.80. The molecular weight excluding hydrogens is 344 g/mol. The molecule has 0 unspecified atom stereocenters. The molecule has 0 fully saturated rings. The summed E-state index contributed by atoms with van der Waals surface area (Å²) in [6.45, 7) is 0. The van der Waals surface area contributed by atoms with Gasteiger partial charge in [-0.05, 0) is 29.6 Å². The molecule has 0 aliphatic carbocycles. The molecule has 8 nitrogen and oxygen atoms in total. The summed E-state index contributed by atoms with van der Waals surface area (Å²) in [6.07, 6.45) is 0.543. The average molecular weight is 356 g/mol. The van der Waals surface area contributed by atoms with Gasteiger partial charge in [-0.1, -0.05) is 11.2 Å². The van der Waals surface area contributed by atoms with Gasteiger partial charge < -0.3 is 14.3 Å². The summed E-state index contributed by atoms with van der Waals surface area (Å²) in [6, 6.07) is 8.74. The first kappa shape index (κ1) is 15.3. The van der Waals surface area contributed by atoms with Crippen LogP contribution < -0.4 is 11.1 Å². The number of nitrogens with one attached hydrogen (secondary N) is 2. The van der Waals surface area contributed by atoms with Crippen LogP contribution in [0.3, 0.4) is 0 Å². The Hall–Kier alpha value is -3.20. The lowest BCUT2D eigenvalue weighted by Gasteiger charge is -2.03. The number of aromatic amines is 1. The van der Waals surface area contributed by atoms with Crippen LogP contribution in [0.2, 0.25) is 0 Å². The van der Waals surface area contributed by atoms with Gasteiger partial charge in [0.25, 0.3) is 0 Å². The van der Waals surface area contributed by atoms with E-state index in [0.29, 0.717) is 34.9 Å². The molecule has 0 atom stereocenters. The summed E-state index contributed by atoms with van der Waals surface area (Å²) < 4.78 is 10.1. The van der Waals surface area contributed by atoms with Crippen LogP contribution in [0.4, 0.5) is 5.69 Å². The zero-order chi connectivity index (χ0) is 17.2. The fourth-order valence-electron chi connectivity index (χ4n) is 2.34. The second-order valence-electron chi connectivity index (χ2n) is 5.26. The maximum atomic E-state index is 12.1. The number of nitrogens with zero attached hydrogens (tertiary/aromatic N) is 2. The number of carbonyl (C=O) groups excluding carboxylic acids is 1. The minimum atomic E-state index is -0.531. The van der Waals surface area contributed by atoms with E-state index in [1.54, 1.807) is 18.2 Å². The number of carbonyl (C=O) groups is 1. The number of benzene rings is 1. The van der Waals surface area contributed by atoms with E-state index in [2.05, 4.69) is 20.4 Å². The van der Waals surface area contributed by atoms with Crippen molar-refractivity contribution >= 4 is 34.0 Å². The third kappa shape index (κ3) is 3.36. The molecule has 1 amide bonds. The maximum Gasteiger partial charge on any atom is 0.417 e. The molecule has 0 aliphatic rings. The molecule has 0 saturated carbocycles. The second-order valence-corrected chi connectivity index (χ2v) is 6.21. The smallest absolute Gasteiger partial charge is 0.408 e. The lowest BCUT2D eigenvalue weighted by atomic mass is 10.2. The van der Waals surface area contributed by atoms with Crippen LogP contribution in [0.5, 0.6) is 0 Å². The molecule has 3 heterocycles. The molecule has 9 heteroatoms. The highest BCUT2D eigenvalue weighted by atomic mass is 32.1. The minimum absolute atomic E-state index is 0.193. The van der Waals surface area contributed by atoms with Gasteiger partial charge in [-0.3, -0.25) is 9.78 Å². The van der Waals surface area contributed by atoms with Crippen LogP contribution in [0, 0.1) is 0 Å². The molecule has 0 bridgehead atoms. The molecule has 25 heavy (non-hydrogen) atoms. The van der Waals surface area contributed by atoms with Crippen molar-refractivity contribution in [2.24, 2.45) is 0 Å². The summed E-state index contributed by atoms with van der Waals surface area (Å²) in [7, 11) is 0. The molecule has 4 rings (SSSR count). The van der Waals surface area contributed by atoms with Crippen LogP contribution >= 0.6 is 11.3 Å². The van der Waals surface area contributed by atoms with E-state index in [-0.39, 0.29) is 12.3 Å². The van der Waals surface area contributed by atoms with Crippen molar-refractivity contribution in [3.63, 3.8) is 0 Å². The van der Waals surface area contributed by atoms with E-state index in [4.69, 9.17) is 8.94 Å². The fourth-order valence-corrected chi connectivity index (χ4v) is 2.99. The van der Waals surface area contributed by atoms with E-state index in [0.717, 1.165) is 4.88 Å². The highest BCUT2D eigenvalue weighted by Gasteiger charge is 2.12. The molecule has 3 aromatic heterocycles. The summed E-state index contributed by atoms with van der Waals surface area (Å²) in [4.78, 5) is 30.9. The number of rotatable bonds is 5. The summed E-state index contributed by atoms with van der Waals surface area (Å²) in [5.41, 5.74) is 1.54. The van der Waals surface area contributed by atoms with E-state index in [9.17, 15) is 9.59 Å². The number of H-pyrrole nitrogens is 1. The number of anilines is 1. The Kier molecular flexibility index (Phi) is 3.90. The topological polar surface area (TPSA) is 114 Å². The van der Waals surface area contributed by atoms with Crippen LogP contribution in [0.1, 0.15) is 12.3 Å². The first-order chi connectivity index (χ1) is 12.2. The van der Waals surface area contributed by atoms with Gasteiger partial charge in [0.2, 0.25) is 17.6 Å². The summed E-state index contributed by atoms with van der Waals surface area (Å²) >= 11 is 1.52. The van der Waals surface area contributed by atoms with E-state index >= 15 is 0 Å². The minimum Gasteiger partial charge on any atom is -0.408 e. The van der Waals surface area contributed by atoms with Crippen molar-refractivity contribution in [3.8, 4) is 10.7 Å². The monoisotopic (exact) mass is 356 g/mol. The fraction of sp³-hybridized carbons (Fsp3) is 0.125. The summed E-state index contributed by atoms with van der Waals surface area (Å²) in [5.74, 6) is 0.213. The van der Waals surface area contributed by atoms with Crippen molar-refractivity contribution in [3.05, 3.63) is 52.2 Å². The van der Waals surface area contributed by atoms with Crippen LogP contribution in [0.25, 0.3) is 21.8 Å². The average Bonchev–Trinajstić information content (AvgIpc) is 3.32. The Morgan fingerprint density at radius 1 is 1.32 bits per heavy atom. The number of fused-ring (bicyclic) bond motifs is 1. The van der Waals surface area contributed by atoms with E-state index in [1.165, 1.54) is 11.3 Å². The molecule has 126 valence electrons. The van der Waals surface area contributed by atoms with Crippen molar-refractivity contribution in [2.75, 3.05) is 5.32 Å². The van der Waals surface area contributed by atoms with Gasteiger partial charge in [-0.15, -0.1) is 11.3 Å². The number of hydrogen-bond donors (Lipinski definition) is 2. The lowest BCUT2D eigenvalue weighted by molar-refractivity contribution is -0.116. The molecule has 0 aliphatic heterocycles. The van der Waals surface area contributed by atoms with Gasteiger partial charge in [0.15, 0.2) is 5.58 Å². The van der Waals surface area contributed by atoms with Crippen molar-refractivity contribution in [2.45, 2.75) is 12.8 Å². The molecule has 0 spiro atoms. The maximum absolute atomic E-state index is 12.1. The van der Waals surface area contributed by atoms with Gasteiger partial charge in [0.05, 0.1) is 10.4 Å². The lowest BCUT2D eigenvalue weighted by Crippen LogP contribution is -2.12. The standard InChI is InChI=1S/C16H12N4O4S/c21-13(17-9-3-4-11-10(8-9)18-16(22)23-11)5-6-14-19-15(20-24-14)12-2-1-7-25-12/h1-4,7-8H,5-6H2,(H,17,21)(H,18,22). The van der Waals surface area contributed by atoms with Crippen LogP contribution in [-0.4, -0.2) is 21.0 Å². The number of thiophene rings is 1. The van der Waals surface area contributed by atoms with E-state index < -0.39 is 5.76 Å². The normalized spacial score (nSPS) is 11.0. The molecule has 0 saturated heterocycles. The van der Waals surface area contributed by atoms with Gasteiger partial charge in [-0.2, -0.15) is 4.98 Å². The molecule has 0 radical (unpaired) electrons. The predicted molar refractivity (Wildman–Crippen MR) is 91.4 cm³/mol. The second kappa shape index (κ2) is 6.36. The first-order valence-electron chi connectivity index (χ1n) is 7.46. The number of hydrogen-bond acceptors (Lipinski definition) is 7. The molecule has 2 N–H and O–H groups in total. The largest absolute Gasteiger partial charge is 0.417 e. The Morgan fingerprint density at radius 2 is 2.24 bits per heavy atom. The van der Waals surface area contributed by atoms with Crippen molar-refractivity contribution in [1.82, 2.24) is 15.1 Å². The van der Waals surface area contributed by atoms with E-state index in [1.807, 2.05) is 17.5 Å². The quantitative estimate of drug-likeness (QED) is 0.568. The first-order valence-corrected chi connectivity index (χ1v) is 8.34.